The molecule has 7 heteroatoms. The summed E-state index contributed by atoms with van der Waals surface area (Å²) in [5.41, 5.74) is 1.53. The number of carbonyl (C=O) groups excluding carboxylic acids is 1. The standard InChI is InChI=1S/C21H25N3O4/c1-12(2)19-22-20(28-23-19)14-7-9-24(10-8-14)21(25)18-13(3)16-6-5-15(26-4)11-17(16)27-18/h5-6,11-12,14H,7-10H2,1-4H3. The summed E-state index contributed by atoms with van der Waals surface area (Å²) in [6.45, 7) is 7.29. The van der Waals surface area contributed by atoms with Crippen molar-refractivity contribution in [2.45, 2.75) is 45.4 Å². The van der Waals surface area contributed by atoms with Gasteiger partial charge >= 0.3 is 0 Å². The van der Waals surface area contributed by atoms with Crippen molar-refractivity contribution in [3.8, 4) is 5.75 Å². The van der Waals surface area contributed by atoms with Crippen molar-refractivity contribution >= 4 is 16.9 Å². The molecule has 1 aromatic carbocycles. The third kappa shape index (κ3) is 3.25. The summed E-state index contributed by atoms with van der Waals surface area (Å²) in [6, 6.07) is 5.62. The Kier molecular flexibility index (Phi) is 4.83. The first-order valence-corrected chi connectivity index (χ1v) is 9.67. The van der Waals surface area contributed by atoms with Crippen LogP contribution < -0.4 is 4.74 Å². The highest BCUT2D eigenvalue weighted by atomic mass is 16.5. The number of fused-ring (bicyclic) bond motifs is 1. The van der Waals surface area contributed by atoms with Crippen LogP contribution in [0.2, 0.25) is 0 Å². The van der Waals surface area contributed by atoms with Gasteiger partial charge in [0.1, 0.15) is 11.3 Å². The van der Waals surface area contributed by atoms with Crippen LogP contribution in [-0.4, -0.2) is 41.1 Å². The van der Waals surface area contributed by atoms with Crippen molar-refractivity contribution in [1.82, 2.24) is 15.0 Å². The minimum absolute atomic E-state index is 0.0699. The third-order valence-electron chi connectivity index (χ3n) is 5.44. The number of aryl methyl sites for hydroxylation is 1. The Balaban J connectivity index is 1.48. The summed E-state index contributed by atoms with van der Waals surface area (Å²) >= 11 is 0. The molecule has 1 fully saturated rings. The smallest absolute Gasteiger partial charge is 0.289 e. The Hall–Kier alpha value is -2.83. The van der Waals surface area contributed by atoms with E-state index in [4.69, 9.17) is 13.7 Å². The molecule has 0 spiro atoms. The minimum Gasteiger partial charge on any atom is -0.497 e. The average Bonchev–Trinajstić information content (AvgIpc) is 3.33. The molecule has 1 aliphatic heterocycles. The molecule has 3 aromatic rings. The van der Waals surface area contributed by atoms with Crippen LogP contribution in [-0.2, 0) is 0 Å². The van der Waals surface area contributed by atoms with Crippen molar-refractivity contribution in [3.63, 3.8) is 0 Å². The zero-order valence-corrected chi connectivity index (χ0v) is 16.7. The second-order valence-corrected chi connectivity index (χ2v) is 7.63. The molecule has 1 amide bonds. The molecule has 0 atom stereocenters. The number of benzene rings is 1. The molecule has 148 valence electrons. The largest absolute Gasteiger partial charge is 0.497 e. The van der Waals surface area contributed by atoms with E-state index in [1.54, 1.807) is 7.11 Å². The van der Waals surface area contributed by atoms with Crippen molar-refractivity contribution in [1.29, 1.82) is 0 Å². The topological polar surface area (TPSA) is 81.6 Å². The van der Waals surface area contributed by atoms with Crippen LogP contribution in [0.5, 0.6) is 5.75 Å². The van der Waals surface area contributed by atoms with Gasteiger partial charge in [0.15, 0.2) is 11.6 Å². The number of methoxy groups -OCH3 is 1. The van der Waals surface area contributed by atoms with E-state index in [2.05, 4.69) is 10.1 Å². The molecule has 0 aliphatic carbocycles. The van der Waals surface area contributed by atoms with Crippen molar-refractivity contribution < 1.29 is 18.5 Å². The van der Waals surface area contributed by atoms with Gasteiger partial charge in [0.05, 0.1) is 7.11 Å². The first kappa shape index (κ1) is 18.5. The first-order valence-electron chi connectivity index (χ1n) is 9.67. The Morgan fingerprint density at radius 2 is 2.04 bits per heavy atom. The molecule has 0 saturated carbocycles. The van der Waals surface area contributed by atoms with Gasteiger partial charge in [-0.15, -0.1) is 0 Å². The quantitative estimate of drug-likeness (QED) is 0.669. The number of rotatable bonds is 4. The lowest BCUT2D eigenvalue weighted by Crippen LogP contribution is -2.38. The predicted octanol–water partition coefficient (Wildman–Crippen LogP) is 4.28. The van der Waals surface area contributed by atoms with Crippen LogP contribution in [0.3, 0.4) is 0 Å². The van der Waals surface area contributed by atoms with E-state index < -0.39 is 0 Å². The zero-order valence-electron chi connectivity index (χ0n) is 16.7. The van der Waals surface area contributed by atoms with E-state index in [0.29, 0.717) is 36.1 Å². The number of hydrogen-bond donors (Lipinski definition) is 0. The molecular weight excluding hydrogens is 358 g/mol. The number of hydrogen-bond acceptors (Lipinski definition) is 6. The molecule has 0 radical (unpaired) electrons. The van der Waals surface area contributed by atoms with Gasteiger partial charge in [0, 0.05) is 41.9 Å². The number of carbonyl (C=O) groups is 1. The molecule has 1 saturated heterocycles. The second kappa shape index (κ2) is 7.30. The Morgan fingerprint density at radius 3 is 2.68 bits per heavy atom. The average molecular weight is 383 g/mol. The summed E-state index contributed by atoms with van der Waals surface area (Å²) in [5.74, 6) is 2.91. The lowest BCUT2D eigenvalue weighted by molar-refractivity contribution is 0.0674. The van der Waals surface area contributed by atoms with E-state index >= 15 is 0 Å². The van der Waals surface area contributed by atoms with Crippen LogP contribution in [0.15, 0.2) is 27.1 Å². The van der Waals surface area contributed by atoms with E-state index in [0.717, 1.165) is 29.6 Å². The van der Waals surface area contributed by atoms with Crippen molar-refractivity contribution in [2.75, 3.05) is 20.2 Å². The lowest BCUT2D eigenvalue weighted by Gasteiger charge is -2.29. The van der Waals surface area contributed by atoms with Crippen LogP contribution in [0.25, 0.3) is 11.0 Å². The van der Waals surface area contributed by atoms with Gasteiger partial charge in [-0.3, -0.25) is 4.79 Å². The monoisotopic (exact) mass is 383 g/mol. The van der Waals surface area contributed by atoms with E-state index in [1.807, 2.05) is 43.9 Å². The van der Waals surface area contributed by atoms with Gasteiger partial charge in [-0.25, -0.2) is 0 Å². The fraction of sp³-hybridized carbons (Fsp3) is 0.476. The van der Waals surface area contributed by atoms with Gasteiger partial charge in [0.25, 0.3) is 5.91 Å². The molecule has 28 heavy (non-hydrogen) atoms. The maximum Gasteiger partial charge on any atom is 0.289 e. The highest BCUT2D eigenvalue weighted by Crippen LogP contribution is 2.32. The normalized spacial score (nSPS) is 15.5. The number of nitrogens with zero attached hydrogens (tertiary/aromatic N) is 3. The molecule has 7 nitrogen and oxygen atoms in total. The van der Waals surface area contributed by atoms with E-state index in [9.17, 15) is 4.79 Å². The number of aromatic nitrogens is 2. The zero-order chi connectivity index (χ0) is 19.8. The summed E-state index contributed by atoms with van der Waals surface area (Å²) in [7, 11) is 1.61. The Bertz CT molecular complexity index is 996. The number of likely N-dealkylation sites (tertiary alicyclic amines) is 1. The number of piperidine rings is 1. The maximum atomic E-state index is 13.0. The van der Waals surface area contributed by atoms with Gasteiger partial charge in [0.2, 0.25) is 5.89 Å². The predicted molar refractivity (Wildman–Crippen MR) is 104 cm³/mol. The molecular formula is C21H25N3O4. The molecule has 0 unspecified atom stereocenters. The van der Waals surface area contributed by atoms with E-state index in [-0.39, 0.29) is 17.7 Å². The fourth-order valence-electron chi connectivity index (χ4n) is 3.66. The number of amides is 1. The summed E-state index contributed by atoms with van der Waals surface area (Å²) in [5, 5.41) is 4.99. The molecule has 4 rings (SSSR count). The molecule has 2 aromatic heterocycles. The minimum atomic E-state index is -0.0699. The van der Waals surface area contributed by atoms with Crippen LogP contribution in [0, 0.1) is 6.92 Å². The van der Waals surface area contributed by atoms with E-state index in [1.165, 1.54) is 0 Å². The molecule has 0 bridgehead atoms. The fourth-order valence-corrected chi connectivity index (χ4v) is 3.66. The molecule has 0 N–H and O–H groups in total. The summed E-state index contributed by atoms with van der Waals surface area (Å²) in [4.78, 5) is 19.4. The summed E-state index contributed by atoms with van der Waals surface area (Å²) < 4.78 is 16.6. The lowest BCUT2D eigenvalue weighted by atomic mass is 9.96. The SMILES string of the molecule is COc1ccc2c(C)c(C(=O)N3CCC(c4nc(C(C)C)no4)CC3)oc2c1. The van der Waals surface area contributed by atoms with Gasteiger partial charge < -0.3 is 18.6 Å². The summed E-state index contributed by atoms with van der Waals surface area (Å²) in [6.07, 6.45) is 1.61. The first-order chi connectivity index (χ1) is 13.5. The van der Waals surface area contributed by atoms with Crippen LogP contribution in [0.1, 0.15) is 66.4 Å². The van der Waals surface area contributed by atoms with Gasteiger partial charge in [-0.1, -0.05) is 19.0 Å². The van der Waals surface area contributed by atoms with Crippen molar-refractivity contribution in [2.24, 2.45) is 0 Å². The van der Waals surface area contributed by atoms with Crippen LogP contribution >= 0.6 is 0 Å². The third-order valence-corrected chi connectivity index (χ3v) is 5.44. The number of furan rings is 1. The van der Waals surface area contributed by atoms with Crippen molar-refractivity contribution in [3.05, 3.63) is 41.2 Å². The highest BCUT2D eigenvalue weighted by Gasteiger charge is 2.30. The maximum absolute atomic E-state index is 13.0. The molecule has 1 aliphatic rings. The molecule has 3 heterocycles. The Morgan fingerprint density at radius 1 is 1.29 bits per heavy atom. The van der Waals surface area contributed by atoms with Gasteiger partial charge in [-0.2, -0.15) is 4.98 Å². The second-order valence-electron chi connectivity index (χ2n) is 7.63. The van der Waals surface area contributed by atoms with Crippen LogP contribution in [0.4, 0.5) is 0 Å². The Labute approximate surface area is 163 Å². The highest BCUT2D eigenvalue weighted by molar-refractivity contribution is 5.99. The van der Waals surface area contributed by atoms with Gasteiger partial charge in [-0.05, 0) is 31.9 Å². The number of ether oxygens (including phenoxy) is 1.